The van der Waals surface area contributed by atoms with E-state index in [0.717, 1.165) is 0 Å². The van der Waals surface area contributed by atoms with Gasteiger partial charge in [-0.25, -0.2) is 0 Å². The van der Waals surface area contributed by atoms with Crippen molar-refractivity contribution in [3.8, 4) is 0 Å². The number of nitrogens with zero attached hydrogens (tertiary/aromatic N) is 2. The van der Waals surface area contributed by atoms with Crippen molar-refractivity contribution in [3.63, 3.8) is 0 Å². The predicted octanol–water partition coefficient (Wildman–Crippen LogP) is 4.71. The third-order valence-electron chi connectivity index (χ3n) is 6.75. The van der Waals surface area contributed by atoms with Crippen molar-refractivity contribution in [1.29, 1.82) is 0 Å². The number of hydrogen-bond donors (Lipinski definition) is 0. The monoisotopic (exact) mass is 470 g/mol. The number of halogens is 1. The molecule has 1 atom stereocenters. The van der Waals surface area contributed by atoms with Gasteiger partial charge < -0.3 is 14.2 Å². The number of para-hydroxylation sites is 2. The van der Waals surface area contributed by atoms with Crippen molar-refractivity contribution in [2.75, 3.05) is 11.4 Å². The summed E-state index contributed by atoms with van der Waals surface area (Å²) in [6.45, 7) is 2.29. The average Bonchev–Trinajstić information content (AvgIpc) is 3.25. The van der Waals surface area contributed by atoms with Gasteiger partial charge in [0, 0.05) is 23.7 Å². The summed E-state index contributed by atoms with van der Waals surface area (Å²) in [5.74, 6) is -0.964. The molecule has 0 saturated heterocycles. The van der Waals surface area contributed by atoms with Gasteiger partial charge in [0.05, 0.1) is 16.6 Å². The predicted molar refractivity (Wildman–Crippen MR) is 129 cm³/mol. The van der Waals surface area contributed by atoms with Crippen LogP contribution in [0, 0.1) is 0 Å². The lowest BCUT2D eigenvalue weighted by atomic mass is 9.83. The van der Waals surface area contributed by atoms with Gasteiger partial charge in [0.15, 0.2) is 11.0 Å². The van der Waals surface area contributed by atoms with E-state index in [9.17, 15) is 14.4 Å². The summed E-state index contributed by atoms with van der Waals surface area (Å²) < 4.78 is 6.02. The molecule has 6 nitrogen and oxygen atoms in total. The van der Waals surface area contributed by atoms with Gasteiger partial charge in [-0.1, -0.05) is 60.1 Å². The molecule has 4 aromatic rings. The maximum absolute atomic E-state index is 14.2. The molecule has 3 aromatic carbocycles. The molecule has 34 heavy (non-hydrogen) atoms. The van der Waals surface area contributed by atoms with Gasteiger partial charge in [-0.15, -0.1) is 0 Å². The Morgan fingerprint density at radius 3 is 2.41 bits per heavy atom. The van der Waals surface area contributed by atoms with Crippen LogP contribution in [-0.4, -0.2) is 23.3 Å². The number of carbonyl (C=O) groups excluding carboxylic acids is 2. The average molecular weight is 471 g/mol. The van der Waals surface area contributed by atoms with Crippen LogP contribution in [-0.2, 0) is 16.9 Å². The first-order valence-electron chi connectivity index (χ1n) is 11.0. The molecule has 3 heterocycles. The quantitative estimate of drug-likeness (QED) is 0.434. The lowest BCUT2D eigenvalue weighted by Gasteiger charge is -2.34. The first-order valence-corrected chi connectivity index (χ1v) is 11.4. The highest BCUT2D eigenvalue weighted by Crippen LogP contribution is 2.53. The number of amides is 2. The Balaban J connectivity index is 1.72. The molecule has 0 radical (unpaired) electrons. The van der Waals surface area contributed by atoms with Crippen LogP contribution in [0.1, 0.15) is 34.2 Å². The van der Waals surface area contributed by atoms with Gasteiger partial charge in [-0.2, -0.15) is 0 Å². The first kappa shape index (κ1) is 20.7. The van der Waals surface area contributed by atoms with Crippen LogP contribution >= 0.6 is 11.6 Å². The topological polar surface area (TPSA) is 70.8 Å². The molecule has 0 fully saturated rings. The van der Waals surface area contributed by atoms with E-state index in [1.807, 2.05) is 31.2 Å². The minimum Gasteiger partial charge on any atom is -0.450 e. The van der Waals surface area contributed by atoms with E-state index in [-0.39, 0.29) is 29.2 Å². The minimum atomic E-state index is -1.64. The van der Waals surface area contributed by atoms with Gasteiger partial charge in [-0.05, 0) is 36.8 Å². The maximum atomic E-state index is 14.2. The number of carbonyl (C=O) groups is 2. The van der Waals surface area contributed by atoms with E-state index in [2.05, 4.69) is 0 Å². The Labute approximate surface area is 200 Å². The molecular weight excluding hydrogens is 452 g/mol. The largest absolute Gasteiger partial charge is 0.450 e. The summed E-state index contributed by atoms with van der Waals surface area (Å²) in [5, 5.41) is 0.796. The van der Waals surface area contributed by atoms with Gasteiger partial charge in [0.1, 0.15) is 5.58 Å². The second kappa shape index (κ2) is 7.30. The molecule has 1 spiro atoms. The fourth-order valence-electron chi connectivity index (χ4n) is 5.27. The molecule has 0 bridgehead atoms. The Hall–Kier alpha value is -3.90. The zero-order chi connectivity index (χ0) is 23.6. The van der Waals surface area contributed by atoms with E-state index >= 15 is 0 Å². The lowest BCUT2D eigenvalue weighted by Crippen LogP contribution is -2.53. The van der Waals surface area contributed by atoms with Crippen LogP contribution in [0.3, 0.4) is 0 Å². The number of benzene rings is 3. The second-order valence-electron chi connectivity index (χ2n) is 8.39. The van der Waals surface area contributed by atoms with Crippen molar-refractivity contribution in [3.05, 3.63) is 110 Å². The highest BCUT2D eigenvalue weighted by molar-refractivity contribution is 6.31. The molecule has 168 valence electrons. The van der Waals surface area contributed by atoms with Crippen molar-refractivity contribution >= 4 is 40.1 Å². The third-order valence-corrected chi connectivity index (χ3v) is 7.11. The molecular formula is C27H19ClN2O4. The fourth-order valence-corrected chi connectivity index (χ4v) is 5.47. The summed E-state index contributed by atoms with van der Waals surface area (Å²) in [6.07, 6.45) is 0. The van der Waals surface area contributed by atoms with E-state index in [1.165, 1.54) is 4.90 Å². The summed E-state index contributed by atoms with van der Waals surface area (Å²) in [4.78, 5) is 45.1. The number of fused-ring (bicyclic) bond motifs is 5. The molecule has 6 rings (SSSR count). The molecule has 0 N–H and O–H groups in total. The summed E-state index contributed by atoms with van der Waals surface area (Å²) >= 11 is 6.45. The molecule has 0 saturated carbocycles. The number of likely N-dealkylation sites (N-methyl/N-ethyl adjacent to an activating group) is 1. The van der Waals surface area contributed by atoms with Gasteiger partial charge in [0.2, 0.25) is 5.76 Å². The van der Waals surface area contributed by atoms with Gasteiger partial charge in [0.25, 0.3) is 11.8 Å². The Bertz CT molecular complexity index is 1580. The molecule has 2 amide bonds. The fraction of sp³-hybridized carbons (Fsp3) is 0.148. The van der Waals surface area contributed by atoms with Crippen LogP contribution in [0.2, 0.25) is 5.02 Å². The van der Waals surface area contributed by atoms with E-state index in [0.29, 0.717) is 39.4 Å². The Morgan fingerprint density at radius 1 is 0.912 bits per heavy atom. The normalized spacial score (nSPS) is 18.8. The summed E-state index contributed by atoms with van der Waals surface area (Å²) in [7, 11) is 0. The molecule has 7 heteroatoms. The Morgan fingerprint density at radius 2 is 1.62 bits per heavy atom. The van der Waals surface area contributed by atoms with Crippen molar-refractivity contribution in [2.45, 2.75) is 19.0 Å². The van der Waals surface area contributed by atoms with E-state index in [1.54, 1.807) is 53.4 Å². The third kappa shape index (κ3) is 2.49. The maximum Gasteiger partial charge on any atom is 0.291 e. The SMILES string of the molecule is CCN1C(=O)C2(c3ccccc31)c1c(oc3ccccc3c1=O)C(=O)N2Cc1ccccc1Cl. The van der Waals surface area contributed by atoms with Crippen molar-refractivity contribution in [1.82, 2.24) is 4.90 Å². The molecule has 0 aliphatic carbocycles. The van der Waals surface area contributed by atoms with E-state index < -0.39 is 11.4 Å². The van der Waals surface area contributed by atoms with Gasteiger partial charge in [-0.3, -0.25) is 14.4 Å². The van der Waals surface area contributed by atoms with Crippen LogP contribution in [0.15, 0.2) is 82.0 Å². The van der Waals surface area contributed by atoms with Crippen molar-refractivity contribution < 1.29 is 14.0 Å². The second-order valence-corrected chi connectivity index (χ2v) is 8.80. The zero-order valence-corrected chi connectivity index (χ0v) is 19.0. The standard InChI is InChI=1S/C27H19ClN2O4/c1-2-29-20-13-7-5-11-18(20)27(26(29)33)22-23(31)17-10-4-8-14-21(17)34-24(22)25(32)30(27)15-16-9-3-6-12-19(16)28/h3-14H,2,15H2,1H3. The van der Waals surface area contributed by atoms with Crippen LogP contribution in [0.25, 0.3) is 11.0 Å². The lowest BCUT2D eigenvalue weighted by molar-refractivity contribution is -0.126. The minimum absolute atomic E-state index is 0.0378. The summed E-state index contributed by atoms with van der Waals surface area (Å²) in [5.41, 5.74) is 0.283. The van der Waals surface area contributed by atoms with Crippen LogP contribution in [0.4, 0.5) is 5.69 Å². The van der Waals surface area contributed by atoms with E-state index in [4.69, 9.17) is 16.0 Å². The van der Waals surface area contributed by atoms with Crippen LogP contribution < -0.4 is 10.3 Å². The molecule has 1 unspecified atom stereocenters. The molecule has 1 aromatic heterocycles. The first-order chi connectivity index (χ1) is 16.5. The molecule has 2 aliphatic heterocycles. The number of rotatable bonds is 3. The molecule has 2 aliphatic rings. The highest BCUT2D eigenvalue weighted by Gasteiger charge is 2.64. The van der Waals surface area contributed by atoms with Crippen LogP contribution in [0.5, 0.6) is 0 Å². The van der Waals surface area contributed by atoms with Crippen molar-refractivity contribution in [2.24, 2.45) is 0 Å². The van der Waals surface area contributed by atoms with Gasteiger partial charge >= 0.3 is 0 Å². The highest BCUT2D eigenvalue weighted by atomic mass is 35.5. The summed E-state index contributed by atoms with van der Waals surface area (Å²) in [6, 6.07) is 21.2. The Kier molecular flexibility index (Phi) is 4.44. The smallest absolute Gasteiger partial charge is 0.291 e. The zero-order valence-electron chi connectivity index (χ0n) is 18.2. The number of anilines is 1. The number of hydrogen-bond acceptors (Lipinski definition) is 4.